The van der Waals surface area contributed by atoms with Crippen molar-refractivity contribution < 1.29 is 26.7 Å². The molecule has 0 saturated carbocycles. The maximum absolute atomic E-state index is 14.1. The Bertz CT molecular complexity index is 1240. The van der Waals surface area contributed by atoms with Crippen molar-refractivity contribution in [2.24, 2.45) is 11.7 Å². The molecule has 4 rings (SSSR count). The zero-order valence-corrected chi connectivity index (χ0v) is 18.3. The Balaban J connectivity index is 1.70. The number of carbonyl (C=O) groups is 1. The zero-order valence-electron chi connectivity index (χ0n) is 18.3. The Morgan fingerprint density at radius 1 is 1.14 bits per heavy atom. The van der Waals surface area contributed by atoms with Gasteiger partial charge in [-0.1, -0.05) is 6.07 Å². The Kier molecular flexibility index (Phi) is 6.81. The first-order valence-corrected chi connectivity index (χ1v) is 10.7. The van der Waals surface area contributed by atoms with Crippen molar-refractivity contribution in [1.82, 2.24) is 15.0 Å². The summed E-state index contributed by atoms with van der Waals surface area (Å²) < 4.78 is 66.9. The Hall–Kier alpha value is -3.83. The van der Waals surface area contributed by atoms with Crippen LogP contribution in [0.5, 0.6) is 0 Å². The van der Waals surface area contributed by atoms with E-state index in [9.17, 15) is 26.7 Å². The second-order valence-electron chi connectivity index (χ2n) is 8.17. The van der Waals surface area contributed by atoms with Gasteiger partial charge in [0, 0.05) is 55.3 Å². The molecular weight excluding hydrogens is 471 g/mol. The van der Waals surface area contributed by atoms with E-state index in [1.807, 2.05) is 0 Å². The zero-order chi connectivity index (χ0) is 25.2. The minimum absolute atomic E-state index is 0.0288. The minimum Gasteiger partial charge on any atom is -0.369 e. The quantitative estimate of drug-likeness (QED) is 0.502. The fourth-order valence-corrected chi connectivity index (χ4v) is 3.80. The fraction of sp³-hybridized carbons (Fsp3) is 0.304. The van der Waals surface area contributed by atoms with E-state index in [4.69, 9.17) is 5.73 Å². The maximum atomic E-state index is 14.1. The number of piperidine rings is 1. The van der Waals surface area contributed by atoms with Crippen LogP contribution in [-0.4, -0.2) is 33.9 Å². The van der Waals surface area contributed by atoms with E-state index in [1.54, 1.807) is 11.0 Å². The molecule has 3 aromatic rings. The van der Waals surface area contributed by atoms with Gasteiger partial charge in [0.1, 0.15) is 23.3 Å². The molecule has 12 heteroatoms. The molecule has 0 aliphatic carbocycles. The molecule has 1 aromatic carbocycles. The number of anilines is 2. The lowest BCUT2D eigenvalue weighted by Crippen LogP contribution is -2.41. The van der Waals surface area contributed by atoms with Crippen molar-refractivity contribution in [1.29, 1.82) is 0 Å². The SMILES string of the molecule is NC(=O)C1CCCN(c2cc(NCc3ccc(F)cc3F)nc(-c3cncc(C(F)(F)F)c3)n2)C1. The number of amides is 1. The molecule has 2 aromatic heterocycles. The van der Waals surface area contributed by atoms with Gasteiger partial charge in [0.25, 0.3) is 0 Å². The maximum Gasteiger partial charge on any atom is 0.417 e. The summed E-state index contributed by atoms with van der Waals surface area (Å²) in [6.45, 7) is 0.776. The molecule has 35 heavy (non-hydrogen) atoms. The Morgan fingerprint density at radius 2 is 1.94 bits per heavy atom. The third-order valence-electron chi connectivity index (χ3n) is 5.66. The van der Waals surface area contributed by atoms with Gasteiger partial charge < -0.3 is 16.0 Å². The molecule has 1 saturated heterocycles. The van der Waals surface area contributed by atoms with Gasteiger partial charge in [0.2, 0.25) is 5.91 Å². The first kappa shape index (κ1) is 24.3. The number of nitrogens with zero attached hydrogens (tertiary/aromatic N) is 4. The predicted octanol–water partition coefficient (Wildman–Crippen LogP) is 4.15. The average molecular weight is 492 g/mol. The van der Waals surface area contributed by atoms with Crippen molar-refractivity contribution in [3.8, 4) is 11.4 Å². The van der Waals surface area contributed by atoms with E-state index in [0.717, 1.165) is 18.2 Å². The van der Waals surface area contributed by atoms with Crippen LogP contribution in [0.15, 0.2) is 42.7 Å². The highest BCUT2D eigenvalue weighted by Gasteiger charge is 2.31. The van der Waals surface area contributed by atoms with Crippen LogP contribution in [0.4, 0.5) is 33.6 Å². The van der Waals surface area contributed by atoms with Gasteiger partial charge in [-0.25, -0.2) is 18.7 Å². The standard InChI is InChI=1S/C23H21F5N6O/c24-17-4-3-13(18(25)7-17)10-31-19-8-20(34-5-1-2-14(12-34)21(29)35)33-22(32-19)15-6-16(11-30-9-15)23(26,27)28/h3-4,6-9,11,14H,1-2,5,10,12H2,(H2,29,35)(H,31,32,33). The van der Waals surface area contributed by atoms with Crippen LogP contribution in [-0.2, 0) is 17.5 Å². The summed E-state index contributed by atoms with van der Waals surface area (Å²) in [5.41, 5.74) is 4.70. The molecule has 1 atom stereocenters. The monoisotopic (exact) mass is 492 g/mol. The highest BCUT2D eigenvalue weighted by Crippen LogP contribution is 2.32. The summed E-state index contributed by atoms with van der Waals surface area (Å²) >= 11 is 0. The summed E-state index contributed by atoms with van der Waals surface area (Å²) in [7, 11) is 0. The molecule has 1 aliphatic rings. The van der Waals surface area contributed by atoms with E-state index in [-0.39, 0.29) is 29.3 Å². The van der Waals surface area contributed by atoms with E-state index < -0.39 is 35.2 Å². The van der Waals surface area contributed by atoms with E-state index in [2.05, 4.69) is 20.3 Å². The lowest BCUT2D eigenvalue weighted by molar-refractivity contribution is -0.137. The van der Waals surface area contributed by atoms with Crippen molar-refractivity contribution in [3.63, 3.8) is 0 Å². The van der Waals surface area contributed by atoms with Crippen LogP contribution < -0.4 is 16.0 Å². The third-order valence-corrected chi connectivity index (χ3v) is 5.66. The topological polar surface area (TPSA) is 97.0 Å². The van der Waals surface area contributed by atoms with Crippen LogP contribution in [0, 0.1) is 17.6 Å². The van der Waals surface area contributed by atoms with E-state index in [1.165, 1.54) is 12.3 Å². The molecule has 184 valence electrons. The molecule has 3 N–H and O–H groups in total. The largest absolute Gasteiger partial charge is 0.417 e. The summed E-state index contributed by atoms with van der Waals surface area (Å²) in [5.74, 6) is -1.80. The number of rotatable bonds is 6. The lowest BCUT2D eigenvalue weighted by atomic mass is 9.97. The van der Waals surface area contributed by atoms with E-state index in [0.29, 0.717) is 37.9 Å². The number of primary amides is 1. The van der Waals surface area contributed by atoms with Crippen molar-refractivity contribution in [2.45, 2.75) is 25.6 Å². The Morgan fingerprint density at radius 3 is 2.66 bits per heavy atom. The number of carbonyl (C=O) groups excluding carboxylic acids is 1. The van der Waals surface area contributed by atoms with Crippen molar-refractivity contribution >= 4 is 17.5 Å². The van der Waals surface area contributed by atoms with Crippen molar-refractivity contribution in [2.75, 3.05) is 23.3 Å². The number of hydrogen-bond acceptors (Lipinski definition) is 6. The van der Waals surface area contributed by atoms with Gasteiger partial charge >= 0.3 is 6.18 Å². The molecule has 3 heterocycles. The second-order valence-corrected chi connectivity index (χ2v) is 8.17. The summed E-state index contributed by atoms with van der Waals surface area (Å²) in [6, 6.07) is 5.58. The number of nitrogens with one attached hydrogen (secondary N) is 1. The highest BCUT2D eigenvalue weighted by molar-refractivity contribution is 5.77. The van der Waals surface area contributed by atoms with Gasteiger partial charge in [0.05, 0.1) is 11.5 Å². The van der Waals surface area contributed by atoms with Crippen LogP contribution in [0.25, 0.3) is 11.4 Å². The van der Waals surface area contributed by atoms with E-state index >= 15 is 0 Å². The van der Waals surface area contributed by atoms with Gasteiger partial charge in [-0.05, 0) is 25.0 Å². The normalized spacial score (nSPS) is 16.3. The first-order valence-electron chi connectivity index (χ1n) is 10.7. The lowest BCUT2D eigenvalue weighted by Gasteiger charge is -2.32. The molecule has 0 radical (unpaired) electrons. The second kappa shape index (κ2) is 9.80. The number of benzene rings is 1. The smallest absolute Gasteiger partial charge is 0.369 e. The van der Waals surface area contributed by atoms with Crippen LogP contribution >= 0.6 is 0 Å². The van der Waals surface area contributed by atoms with Gasteiger partial charge in [-0.3, -0.25) is 9.78 Å². The third kappa shape index (κ3) is 5.81. The number of hydrogen-bond donors (Lipinski definition) is 2. The van der Waals surface area contributed by atoms with Crippen LogP contribution in [0.3, 0.4) is 0 Å². The molecule has 0 spiro atoms. The van der Waals surface area contributed by atoms with Crippen LogP contribution in [0.1, 0.15) is 24.0 Å². The highest BCUT2D eigenvalue weighted by atomic mass is 19.4. The first-order chi connectivity index (χ1) is 16.6. The molecule has 1 fully saturated rings. The molecule has 1 unspecified atom stereocenters. The molecule has 0 bridgehead atoms. The Labute approximate surface area is 197 Å². The number of alkyl halides is 3. The van der Waals surface area contributed by atoms with Gasteiger partial charge in [-0.2, -0.15) is 13.2 Å². The predicted molar refractivity (Wildman–Crippen MR) is 118 cm³/mol. The molecule has 1 aliphatic heterocycles. The summed E-state index contributed by atoms with van der Waals surface area (Å²) in [5, 5.41) is 2.92. The number of pyridine rings is 1. The minimum atomic E-state index is -4.61. The van der Waals surface area contributed by atoms with Crippen molar-refractivity contribution in [3.05, 3.63) is 65.5 Å². The summed E-state index contributed by atoms with van der Waals surface area (Å²) in [4.78, 5) is 25.9. The van der Waals surface area contributed by atoms with Crippen LogP contribution in [0.2, 0.25) is 0 Å². The number of nitrogens with two attached hydrogens (primary N) is 1. The van der Waals surface area contributed by atoms with Gasteiger partial charge in [0.15, 0.2) is 5.82 Å². The molecule has 7 nitrogen and oxygen atoms in total. The number of aromatic nitrogens is 3. The van der Waals surface area contributed by atoms with Gasteiger partial charge in [-0.15, -0.1) is 0 Å². The fourth-order valence-electron chi connectivity index (χ4n) is 3.80. The summed E-state index contributed by atoms with van der Waals surface area (Å²) in [6.07, 6.45) is -1.41. The number of halogens is 5. The molecule has 1 amide bonds. The average Bonchev–Trinajstić information content (AvgIpc) is 2.83. The molecular formula is C23H21F5N6O.